The van der Waals surface area contributed by atoms with Gasteiger partial charge in [-0.25, -0.2) is 14.4 Å². The molecule has 31 heavy (non-hydrogen) atoms. The molecule has 8 nitrogen and oxygen atoms in total. The lowest BCUT2D eigenvalue weighted by molar-refractivity contribution is 0.578. The maximum Gasteiger partial charge on any atom is 0.161 e. The van der Waals surface area contributed by atoms with Crippen LogP contribution in [0.2, 0.25) is 0 Å². The maximum atomic E-state index is 15.5. The molecule has 154 valence electrons. The normalized spacial score (nSPS) is 14.5. The molecule has 0 atom stereocenters. The number of halogens is 1. The molecule has 0 radical (unpaired) electrons. The minimum absolute atomic E-state index is 0.228. The topological polar surface area (TPSA) is 99.3 Å². The van der Waals surface area contributed by atoms with Crippen LogP contribution < -0.4 is 4.90 Å². The van der Waals surface area contributed by atoms with Crippen LogP contribution in [0.5, 0.6) is 0 Å². The number of hydrogen-bond donors (Lipinski definition) is 2. The quantitative estimate of drug-likeness (QED) is 0.461. The monoisotopic (exact) mass is 414 g/mol. The van der Waals surface area contributed by atoms with E-state index in [1.807, 2.05) is 6.07 Å². The first-order valence-corrected chi connectivity index (χ1v) is 10.3. The van der Waals surface area contributed by atoms with Crippen molar-refractivity contribution in [2.45, 2.75) is 19.3 Å². The Morgan fingerprint density at radius 2 is 1.87 bits per heavy atom. The molecule has 6 heterocycles. The van der Waals surface area contributed by atoms with Gasteiger partial charge in [0.15, 0.2) is 17.3 Å². The third kappa shape index (κ3) is 2.92. The van der Waals surface area contributed by atoms with E-state index in [0.29, 0.717) is 33.6 Å². The van der Waals surface area contributed by atoms with Gasteiger partial charge in [-0.1, -0.05) is 0 Å². The second-order valence-corrected chi connectivity index (χ2v) is 7.68. The standard InChI is InChI=1S/C22H19FN8/c23-17-16-14(12-26-18(17)13-5-4-7-24-11-13)29-30-20(16)22-27-19-15(6-8-25-21(19)28-22)31-9-2-1-3-10-31/h4-8,11-12H,1-3,9-10H2,(H,29,30)(H,25,27,28). The summed E-state index contributed by atoms with van der Waals surface area (Å²) in [6, 6.07) is 5.52. The van der Waals surface area contributed by atoms with Crippen LogP contribution in [-0.4, -0.2) is 48.2 Å². The van der Waals surface area contributed by atoms with Crippen molar-refractivity contribution in [2.24, 2.45) is 0 Å². The minimum atomic E-state index is -0.459. The lowest BCUT2D eigenvalue weighted by Gasteiger charge is -2.28. The third-order valence-corrected chi connectivity index (χ3v) is 5.76. The van der Waals surface area contributed by atoms with Gasteiger partial charge in [0.25, 0.3) is 0 Å². The summed E-state index contributed by atoms with van der Waals surface area (Å²) in [5.74, 6) is 0.0133. The van der Waals surface area contributed by atoms with Gasteiger partial charge in [-0.3, -0.25) is 15.1 Å². The summed E-state index contributed by atoms with van der Waals surface area (Å²) >= 11 is 0. The predicted octanol–water partition coefficient (Wildman–Crippen LogP) is 4.09. The summed E-state index contributed by atoms with van der Waals surface area (Å²) in [4.78, 5) is 23.1. The molecule has 0 spiro atoms. The summed E-state index contributed by atoms with van der Waals surface area (Å²) in [5, 5.41) is 7.55. The Kier molecular flexibility index (Phi) is 4.12. The molecule has 0 amide bonds. The summed E-state index contributed by atoms with van der Waals surface area (Å²) in [6.45, 7) is 2.00. The number of imidazole rings is 1. The van der Waals surface area contributed by atoms with Gasteiger partial charge in [0.1, 0.15) is 16.9 Å². The van der Waals surface area contributed by atoms with Crippen molar-refractivity contribution >= 4 is 27.8 Å². The van der Waals surface area contributed by atoms with Crippen LogP contribution in [0.25, 0.3) is 44.8 Å². The zero-order valence-corrected chi connectivity index (χ0v) is 16.6. The first-order chi connectivity index (χ1) is 15.3. The molecule has 0 saturated carbocycles. The lowest BCUT2D eigenvalue weighted by atomic mass is 10.1. The molecule has 9 heteroatoms. The van der Waals surface area contributed by atoms with E-state index >= 15 is 4.39 Å². The largest absolute Gasteiger partial charge is 0.370 e. The van der Waals surface area contributed by atoms with E-state index in [1.54, 1.807) is 36.9 Å². The molecular formula is C22H19FN8. The Balaban J connectivity index is 1.51. The summed E-state index contributed by atoms with van der Waals surface area (Å²) in [6.07, 6.45) is 10.2. The number of H-pyrrole nitrogens is 2. The Labute approximate surface area is 176 Å². The summed E-state index contributed by atoms with van der Waals surface area (Å²) < 4.78 is 15.5. The van der Waals surface area contributed by atoms with Crippen molar-refractivity contribution in [3.05, 3.63) is 48.8 Å². The zero-order chi connectivity index (χ0) is 20.8. The van der Waals surface area contributed by atoms with Crippen molar-refractivity contribution < 1.29 is 4.39 Å². The summed E-state index contributed by atoms with van der Waals surface area (Å²) in [7, 11) is 0. The number of anilines is 1. The van der Waals surface area contributed by atoms with Crippen LogP contribution in [0.4, 0.5) is 10.1 Å². The van der Waals surface area contributed by atoms with E-state index < -0.39 is 5.82 Å². The van der Waals surface area contributed by atoms with Crippen LogP contribution in [0.15, 0.2) is 43.0 Å². The van der Waals surface area contributed by atoms with Crippen LogP contribution in [0, 0.1) is 5.82 Å². The van der Waals surface area contributed by atoms with Crippen LogP contribution >= 0.6 is 0 Å². The van der Waals surface area contributed by atoms with Gasteiger partial charge in [0.05, 0.1) is 22.8 Å². The van der Waals surface area contributed by atoms with Crippen molar-refractivity contribution in [2.75, 3.05) is 18.0 Å². The van der Waals surface area contributed by atoms with Gasteiger partial charge in [-0.15, -0.1) is 0 Å². The fourth-order valence-electron chi connectivity index (χ4n) is 4.25. The number of nitrogens with zero attached hydrogens (tertiary/aromatic N) is 6. The smallest absolute Gasteiger partial charge is 0.161 e. The highest BCUT2D eigenvalue weighted by Crippen LogP contribution is 2.33. The Hall–Kier alpha value is -3.88. The third-order valence-electron chi connectivity index (χ3n) is 5.76. The highest BCUT2D eigenvalue weighted by molar-refractivity contribution is 5.96. The summed E-state index contributed by atoms with van der Waals surface area (Å²) in [5.41, 5.74) is 4.23. The number of pyridine rings is 3. The SMILES string of the molecule is Fc1c(-c2cccnc2)ncc2[nH]nc(-c3nc4c(N5CCCCC5)ccnc4[nH]3)c12. The molecule has 1 fully saturated rings. The van der Waals surface area contributed by atoms with E-state index in [0.717, 1.165) is 24.3 Å². The molecule has 1 aliphatic rings. The number of fused-ring (bicyclic) bond motifs is 2. The number of rotatable bonds is 3. The van der Waals surface area contributed by atoms with E-state index in [-0.39, 0.29) is 5.69 Å². The van der Waals surface area contributed by atoms with Gasteiger partial charge < -0.3 is 9.88 Å². The molecule has 1 aliphatic heterocycles. The van der Waals surface area contributed by atoms with Gasteiger partial charge in [0, 0.05) is 37.2 Å². The molecule has 6 rings (SSSR count). The fourth-order valence-corrected chi connectivity index (χ4v) is 4.25. The highest BCUT2D eigenvalue weighted by atomic mass is 19.1. The number of piperidine rings is 1. The molecular weight excluding hydrogens is 395 g/mol. The maximum absolute atomic E-state index is 15.5. The van der Waals surface area contributed by atoms with Crippen molar-refractivity contribution in [1.82, 2.24) is 35.1 Å². The average molecular weight is 414 g/mol. The van der Waals surface area contributed by atoms with E-state index in [1.165, 1.54) is 19.3 Å². The van der Waals surface area contributed by atoms with E-state index in [4.69, 9.17) is 4.98 Å². The molecule has 0 unspecified atom stereocenters. The van der Waals surface area contributed by atoms with Gasteiger partial charge in [-0.2, -0.15) is 5.10 Å². The number of aromatic nitrogens is 7. The van der Waals surface area contributed by atoms with Crippen molar-refractivity contribution in [3.63, 3.8) is 0 Å². The Morgan fingerprint density at radius 3 is 2.71 bits per heavy atom. The molecule has 0 bridgehead atoms. The van der Waals surface area contributed by atoms with Crippen molar-refractivity contribution in [1.29, 1.82) is 0 Å². The van der Waals surface area contributed by atoms with Crippen LogP contribution in [0.3, 0.4) is 0 Å². The second kappa shape index (κ2) is 7.12. The number of hydrogen-bond acceptors (Lipinski definition) is 6. The Bertz CT molecular complexity index is 1390. The predicted molar refractivity (Wildman–Crippen MR) is 116 cm³/mol. The zero-order valence-electron chi connectivity index (χ0n) is 16.6. The average Bonchev–Trinajstić information content (AvgIpc) is 3.45. The molecule has 0 aliphatic carbocycles. The molecule has 5 aromatic heterocycles. The number of nitrogens with one attached hydrogen (secondary N) is 2. The van der Waals surface area contributed by atoms with E-state index in [9.17, 15) is 0 Å². The van der Waals surface area contributed by atoms with Crippen molar-refractivity contribution in [3.8, 4) is 22.8 Å². The van der Waals surface area contributed by atoms with Crippen LogP contribution in [-0.2, 0) is 0 Å². The first-order valence-electron chi connectivity index (χ1n) is 10.3. The molecule has 2 N–H and O–H groups in total. The lowest BCUT2D eigenvalue weighted by Crippen LogP contribution is -2.29. The molecule has 0 aromatic carbocycles. The van der Waals surface area contributed by atoms with Gasteiger partial charge in [0.2, 0.25) is 0 Å². The molecule has 1 saturated heterocycles. The number of aromatic amines is 2. The van der Waals surface area contributed by atoms with Crippen LogP contribution in [0.1, 0.15) is 19.3 Å². The van der Waals surface area contributed by atoms with Gasteiger partial charge in [-0.05, 0) is 37.5 Å². The minimum Gasteiger partial charge on any atom is -0.370 e. The fraction of sp³-hybridized carbons (Fsp3) is 0.227. The second-order valence-electron chi connectivity index (χ2n) is 7.68. The highest BCUT2D eigenvalue weighted by Gasteiger charge is 2.22. The molecule has 5 aromatic rings. The Morgan fingerprint density at radius 1 is 0.968 bits per heavy atom. The van der Waals surface area contributed by atoms with E-state index in [2.05, 4.69) is 35.0 Å². The first kappa shape index (κ1) is 17.9. The van der Waals surface area contributed by atoms with Gasteiger partial charge >= 0.3 is 0 Å².